The van der Waals surface area contributed by atoms with Gasteiger partial charge in [0.15, 0.2) is 0 Å². The molecule has 5 nitrogen and oxygen atoms in total. The van der Waals surface area contributed by atoms with Crippen LogP contribution in [-0.4, -0.2) is 18.4 Å². The van der Waals surface area contributed by atoms with Gasteiger partial charge in [0.25, 0.3) is 0 Å². The summed E-state index contributed by atoms with van der Waals surface area (Å²) in [7, 11) is 0. The number of anilines is 2. The molecule has 1 atom stereocenters. The van der Waals surface area contributed by atoms with Gasteiger partial charge < -0.3 is 16.0 Å². The van der Waals surface area contributed by atoms with Gasteiger partial charge >= 0.3 is 0 Å². The van der Waals surface area contributed by atoms with Gasteiger partial charge in [0.05, 0.1) is 23.3 Å². The second-order valence-electron chi connectivity index (χ2n) is 5.43. The van der Waals surface area contributed by atoms with Crippen molar-refractivity contribution < 1.29 is 9.59 Å². The van der Waals surface area contributed by atoms with E-state index in [2.05, 4.69) is 16.0 Å². The summed E-state index contributed by atoms with van der Waals surface area (Å²) in [5, 5.41) is 9.00. The predicted octanol–water partition coefficient (Wildman–Crippen LogP) is 3.59. The Kier molecular flexibility index (Phi) is 6.21. The van der Waals surface area contributed by atoms with Crippen molar-refractivity contribution >= 4 is 34.8 Å². The van der Waals surface area contributed by atoms with Crippen molar-refractivity contribution in [3.8, 4) is 0 Å². The summed E-state index contributed by atoms with van der Waals surface area (Å²) in [5.74, 6) is -0.297. The van der Waals surface area contributed by atoms with Crippen LogP contribution < -0.4 is 16.0 Å². The predicted molar refractivity (Wildman–Crippen MR) is 97.2 cm³/mol. The van der Waals surface area contributed by atoms with Crippen LogP contribution in [0.3, 0.4) is 0 Å². The number of hydrogen-bond donors (Lipinski definition) is 3. The SMILES string of the molecule is CC(=O)Nc1ccc(NCC(=O)NC(C)c2ccccc2)c(Cl)c1. The van der Waals surface area contributed by atoms with E-state index >= 15 is 0 Å². The maximum Gasteiger partial charge on any atom is 0.239 e. The highest BCUT2D eigenvalue weighted by Crippen LogP contribution is 2.25. The average Bonchev–Trinajstić information content (AvgIpc) is 2.54. The molecule has 0 saturated heterocycles. The van der Waals surface area contributed by atoms with Crippen LogP contribution in [0.1, 0.15) is 25.5 Å². The van der Waals surface area contributed by atoms with Gasteiger partial charge in [-0.05, 0) is 30.7 Å². The van der Waals surface area contributed by atoms with Crippen LogP contribution >= 0.6 is 11.6 Å². The van der Waals surface area contributed by atoms with Gasteiger partial charge in [-0.1, -0.05) is 41.9 Å². The molecule has 126 valence electrons. The van der Waals surface area contributed by atoms with Crippen molar-refractivity contribution in [1.82, 2.24) is 5.32 Å². The maximum absolute atomic E-state index is 12.1. The highest BCUT2D eigenvalue weighted by atomic mass is 35.5. The van der Waals surface area contributed by atoms with Crippen molar-refractivity contribution in [3.05, 3.63) is 59.1 Å². The molecule has 0 aromatic heterocycles. The fraction of sp³-hybridized carbons (Fsp3) is 0.222. The fourth-order valence-corrected chi connectivity index (χ4v) is 2.48. The Bertz CT molecular complexity index is 719. The Morgan fingerprint density at radius 3 is 2.46 bits per heavy atom. The zero-order chi connectivity index (χ0) is 17.5. The summed E-state index contributed by atoms with van der Waals surface area (Å²) in [6.07, 6.45) is 0. The van der Waals surface area contributed by atoms with Crippen LogP contribution in [-0.2, 0) is 9.59 Å². The first-order valence-corrected chi connectivity index (χ1v) is 7.99. The molecule has 0 fully saturated rings. The Balaban J connectivity index is 1.88. The number of carbonyl (C=O) groups excluding carboxylic acids is 2. The summed E-state index contributed by atoms with van der Waals surface area (Å²) < 4.78 is 0. The molecule has 0 aliphatic carbocycles. The number of benzene rings is 2. The summed E-state index contributed by atoms with van der Waals surface area (Å²) >= 11 is 6.15. The molecule has 0 aliphatic rings. The van der Waals surface area contributed by atoms with E-state index in [0.29, 0.717) is 16.4 Å². The minimum Gasteiger partial charge on any atom is -0.375 e. The van der Waals surface area contributed by atoms with Crippen LogP contribution in [0, 0.1) is 0 Å². The standard InChI is InChI=1S/C18H20ClN3O2/c1-12(14-6-4-3-5-7-14)21-18(24)11-20-17-9-8-15(10-16(17)19)22-13(2)23/h3-10,12,20H,11H2,1-2H3,(H,21,24)(H,22,23). The van der Waals surface area contributed by atoms with Crippen molar-refractivity contribution in [2.24, 2.45) is 0 Å². The maximum atomic E-state index is 12.1. The third kappa shape index (κ3) is 5.28. The molecule has 24 heavy (non-hydrogen) atoms. The molecule has 0 saturated carbocycles. The summed E-state index contributed by atoms with van der Waals surface area (Å²) in [6.45, 7) is 3.47. The van der Waals surface area contributed by atoms with Crippen molar-refractivity contribution in [2.45, 2.75) is 19.9 Å². The number of nitrogens with one attached hydrogen (secondary N) is 3. The zero-order valence-corrected chi connectivity index (χ0v) is 14.4. The van der Waals surface area contributed by atoms with Gasteiger partial charge in [-0.25, -0.2) is 0 Å². The van der Waals surface area contributed by atoms with Gasteiger partial charge in [0.2, 0.25) is 11.8 Å². The van der Waals surface area contributed by atoms with Crippen LogP contribution in [0.25, 0.3) is 0 Å². The van der Waals surface area contributed by atoms with Gasteiger partial charge in [0, 0.05) is 12.6 Å². The quantitative estimate of drug-likeness (QED) is 0.749. The molecule has 2 rings (SSSR count). The minimum absolute atomic E-state index is 0.0712. The molecule has 3 N–H and O–H groups in total. The molecule has 0 heterocycles. The first-order valence-electron chi connectivity index (χ1n) is 7.61. The fourth-order valence-electron chi connectivity index (χ4n) is 2.23. The first kappa shape index (κ1) is 17.8. The largest absolute Gasteiger partial charge is 0.375 e. The van der Waals surface area contributed by atoms with E-state index in [-0.39, 0.29) is 24.4 Å². The smallest absolute Gasteiger partial charge is 0.239 e. The van der Waals surface area contributed by atoms with E-state index in [9.17, 15) is 9.59 Å². The lowest BCUT2D eigenvalue weighted by Crippen LogP contribution is -2.32. The molecular formula is C18H20ClN3O2. The normalized spacial score (nSPS) is 11.5. The molecule has 1 unspecified atom stereocenters. The number of amides is 2. The van der Waals surface area contributed by atoms with Crippen molar-refractivity contribution in [3.63, 3.8) is 0 Å². The van der Waals surface area contributed by atoms with E-state index in [0.717, 1.165) is 5.56 Å². The Morgan fingerprint density at radius 1 is 1.12 bits per heavy atom. The van der Waals surface area contributed by atoms with Gasteiger partial charge in [-0.15, -0.1) is 0 Å². The van der Waals surface area contributed by atoms with Gasteiger partial charge in [0.1, 0.15) is 0 Å². The van der Waals surface area contributed by atoms with Crippen LogP contribution in [0.15, 0.2) is 48.5 Å². The van der Waals surface area contributed by atoms with Crippen molar-refractivity contribution in [1.29, 1.82) is 0 Å². The number of halogens is 1. The van der Waals surface area contributed by atoms with Crippen LogP contribution in [0.2, 0.25) is 5.02 Å². The molecule has 0 bridgehead atoms. The van der Waals surface area contributed by atoms with Crippen LogP contribution in [0.4, 0.5) is 11.4 Å². The van der Waals surface area contributed by atoms with Crippen LogP contribution in [0.5, 0.6) is 0 Å². The van der Waals surface area contributed by atoms with E-state index in [1.165, 1.54) is 6.92 Å². The summed E-state index contributed by atoms with van der Waals surface area (Å²) in [5.41, 5.74) is 2.29. The van der Waals surface area contributed by atoms with Gasteiger partial charge in [-0.2, -0.15) is 0 Å². The molecule has 2 amide bonds. The molecule has 0 aliphatic heterocycles. The Hall–Kier alpha value is -2.53. The lowest BCUT2D eigenvalue weighted by Gasteiger charge is -2.15. The number of hydrogen-bond acceptors (Lipinski definition) is 3. The average molecular weight is 346 g/mol. The molecule has 0 spiro atoms. The van der Waals surface area contributed by atoms with Gasteiger partial charge in [-0.3, -0.25) is 9.59 Å². The second kappa shape index (κ2) is 8.36. The highest BCUT2D eigenvalue weighted by Gasteiger charge is 2.10. The highest BCUT2D eigenvalue weighted by molar-refractivity contribution is 6.33. The lowest BCUT2D eigenvalue weighted by molar-refractivity contribution is -0.120. The Labute approximate surface area is 146 Å². The molecule has 0 radical (unpaired) electrons. The summed E-state index contributed by atoms with van der Waals surface area (Å²) in [4.78, 5) is 23.1. The lowest BCUT2D eigenvalue weighted by atomic mass is 10.1. The summed E-state index contributed by atoms with van der Waals surface area (Å²) in [6, 6.07) is 14.8. The van der Waals surface area contributed by atoms with E-state index in [4.69, 9.17) is 11.6 Å². The van der Waals surface area contributed by atoms with E-state index in [1.807, 2.05) is 37.3 Å². The third-order valence-corrected chi connectivity index (χ3v) is 3.72. The van der Waals surface area contributed by atoms with Crippen molar-refractivity contribution in [2.75, 3.05) is 17.2 Å². The first-order chi connectivity index (χ1) is 11.5. The minimum atomic E-state index is -0.166. The monoisotopic (exact) mass is 345 g/mol. The number of rotatable bonds is 6. The third-order valence-electron chi connectivity index (χ3n) is 3.41. The molecule has 2 aromatic carbocycles. The molecular weight excluding hydrogens is 326 g/mol. The topological polar surface area (TPSA) is 70.2 Å². The molecule has 6 heteroatoms. The van der Waals surface area contributed by atoms with E-state index in [1.54, 1.807) is 18.2 Å². The number of carbonyl (C=O) groups is 2. The second-order valence-corrected chi connectivity index (χ2v) is 5.84. The Morgan fingerprint density at radius 2 is 1.83 bits per heavy atom. The van der Waals surface area contributed by atoms with E-state index < -0.39 is 0 Å². The zero-order valence-electron chi connectivity index (χ0n) is 13.6. The molecule has 2 aromatic rings.